The predicted octanol–water partition coefficient (Wildman–Crippen LogP) is 2.25. The number of aromatic nitrogens is 2. The summed E-state index contributed by atoms with van der Waals surface area (Å²) < 4.78 is 6.96. The van der Waals surface area contributed by atoms with Gasteiger partial charge in [-0.2, -0.15) is 11.3 Å². The first-order chi connectivity index (χ1) is 15.5. The van der Waals surface area contributed by atoms with Crippen LogP contribution in [0, 0.1) is 6.92 Å². The van der Waals surface area contributed by atoms with Gasteiger partial charge in [0.2, 0.25) is 0 Å². The van der Waals surface area contributed by atoms with Crippen LogP contribution in [0.25, 0.3) is 0 Å². The highest BCUT2D eigenvalue weighted by molar-refractivity contribution is 7.07. The van der Waals surface area contributed by atoms with Gasteiger partial charge in [-0.05, 0) is 41.4 Å². The molecule has 0 atom stereocenters. The SMILES string of the molecule is COc1cc(=O)n2c(c1C(=O)NCc1ccsc1)CCN(C(=O)c1cccnc1C)CC2. The number of thiophene rings is 1. The quantitative estimate of drug-likeness (QED) is 0.641. The van der Waals surface area contributed by atoms with Gasteiger partial charge in [0.1, 0.15) is 11.3 Å². The normalized spacial score (nSPS) is 13.2. The number of pyridine rings is 2. The molecule has 0 bridgehead atoms. The fourth-order valence-electron chi connectivity index (χ4n) is 3.90. The lowest BCUT2D eigenvalue weighted by atomic mass is 10.1. The summed E-state index contributed by atoms with van der Waals surface area (Å²) in [7, 11) is 1.44. The standard InChI is InChI=1S/C23H24N4O4S/c1-15-17(4-3-7-24-15)23(30)26-8-5-18-21(22(29)25-13-16-6-11-32-14-16)19(31-2)12-20(28)27(18)10-9-26/h3-4,6-7,11-12,14H,5,8-10,13H2,1-2H3,(H,25,29). The van der Waals surface area contributed by atoms with Crippen molar-refractivity contribution in [3.8, 4) is 5.75 Å². The first-order valence-corrected chi connectivity index (χ1v) is 11.2. The molecule has 4 heterocycles. The predicted molar refractivity (Wildman–Crippen MR) is 121 cm³/mol. The van der Waals surface area contributed by atoms with Crippen LogP contribution in [0.4, 0.5) is 0 Å². The Bertz CT molecular complexity index is 1200. The molecule has 0 radical (unpaired) electrons. The Morgan fingerprint density at radius 3 is 2.81 bits per heavy atom. The molecule has 0 saturated heterocycles. The molecule has 0 saturated carbocycles. The van der Waals surface area contributed by atoms with Gasteiger partial charge in [0.05, 0.1) is 12.7 Å². The van der Waals surface area contributed by atoms with Crippen molar-refractivity contribution < 1.29 is 14.3 Å². The molecule has 2 amide bonds. The van der Waals surface area contributed by atoms with Crippen LogP contribution >= 0.6 is 11.3 Å². The lowest BCUT2D eigenvalue weighted by Gasteiger charge is -2.20. The van der Waals surface area contributed by atoms with Crippen LogP contribution in [-0.4, -0.2) is 46.5 Å². The molecule has 0 spiro atoms. The number of amides is 2. The van der Waals surface area contributed by atoms with Gasteiger partial charge in [-0.3, -0.25) is 19.4 Å². The highest BCUT2D eigenvalue weighted by Crippen LogP contribution is 2.23. The van der Waals surface area contributed by atoms with Gasteiger partial charge in [-0.15, -0.1) is 0 Å². The summed E-state index contributed by atoms with van der Waals surface area (Å²) in [4.78, 5) is 44.8. The van der Waals surface area contributed by atoms with E-state index < -0.39 is 0 Å². The van der Waals surface area contributed by atoms with E-state index in [-0.39, 0.29) is 23.1 Å². The van der Waals surface area contributed by atoms with Crippen LogP contribution in [0.3, 0.4) is 0 Å². The minimum Gasteiger partial charge on any atom is -0.496 e. The van der Waals surface area contributed by atoms with Gasteiger partial charge in [0.15, 0.2) is 0 Å². The second kappa shape index (κ2) is 9.35. The average Bonchev–Trinajstić information content (AvgIpc) is 3.22. The fourth-order valence-corrected chi connectivity index (χ4v) is 4.57. The molecule has 4 rings (SSSR count). The molecule has 1 aliphatic rings. The van der Waals surface area contributed by atoms with Crippen molar-refractivity contribution in [3.05, 3.63) is 79.7 Å². The Labute approximate surface area is 189 Å². The van der Waals surface area contributed by atoms with Crippen LogP contribution in [0.5, 0.6) is 5.75 Å². The van der Waals surface area contributed by atoms with Crippen molar-refractivity contribution in [1.29, 1.82) is 0 Å². The molecule has 0 fully saturated rings. The van der Waals surface area contributed by atoms with Gasteiger partial charge in [0.25, 0.3) is 17.4 Å². The lowest BCUT2D eigenvalue weighted by molar-refractivity contribution is 0.0757. The monoisotopic (exact) mass is 452 g/mol. The van der Waals surface area contributed by atoms with Crippen molar-refractivity contribution in [3.63, 3.8) is 0 Å². The lowest BCUT2D eigenvalue weighted by Crippen LogP contribution is -2.34. The van der Waals surface area contributed by atoms with Crippen molar-refractivity contribution >= 4 is 23.2 Å². The molecule has 1 aliphatic heterocycles. The average molecular weight is 453 g/mol. The van der Waals surface area contributed by atoms with Gasteiger partial charge in [-0.1, -0.05) is 0 Å². The molecule has 8 nitrogen and oxygen atoms in total. The Morgan fingerprint density at radius 2 is 2.09 bits per heavy atom. The van der Waals surface area contributed by atoms with E-state index in [0.717, 1.165) is 5.56 Å². The molecule has 9 heteroatoms. The number of carbonyl (C=O) groups is 2. The fraction of sp³-hybridized carbons (Fsp3) is 0.304. The topological polar surface area (TPSA) is 93.5 Å². The van der Waals surface area contributed by atoms with Crippen molar-refractivity contribution in [2.24, 2.45) is 0 Å². The second-order valence-corrected chi connectivity index (χ2v) is 8.30. The summed E-state index contributed by atoms with van der Waals surface area (Å²) in [5, 5.41) is 6.84. The van der Waals surface area contributed by atoms with E-state index in [9.17, 15) is 14.4 Å². The van der Waals surface area contributed by atoms with Gasteiger partial charge in [0, 0.05) is 56.3 Å². The molecule has 166 valence electrons. The molecule has 3 aromatic heterocycles. The van der Waals surface area contributed by atoms with E-state index in [1.165, 1.54) is 13.2 Å². The minimum atomic E-state index is -0.306. The molecule has 0 aromatic carbocycles. The Hall–Kier alpha value is -3.46. The summed E-state index contributed by atoms with van der Waals surface area (Å²) in [6.45, 7) is 3.22. The largest absolute Gasteiger partial charge is 0.496 e. The second-order valence-electron chi connectivity index (χ2n) is 7.52. The third-order valence-electron chi connectivity index (χ3n) is 5.60. The number of fused-ring (bicyclic) bond motifs is 1. The molecular weight excluding hydrogens is 428 g/mol. The van der Waals surface area contributed by atoms with E-state index >= 15 is 0 Å². The Morgan fingerprint density at radius 1 is 1.25 bits per heavy atom. The van der Waals surface area contributed by atoms with E-state index in [2.05, 4.69) is 10.3 Å². The third kappa shape index (κ3) is 4.29. The zero-order valence-corrected chi connectivity index (χ0v) is 18.8. The zero-order chi connectivity index (χ0) is 22.7. The minimum absolute atomic E-state index is 0.133. The van der Waals surface area contributed by atoms with Crippen molar-refractivity contribution in [2.45, 2.75) is 26.4 Å². The van der Waals surface area contributed by atoms with Crippen molar-refractivity contribution in [2.75, 3.05) is 20.2 Å². The first kappa shape index (κ1) is 21.8. The number of carbonyl (C=O) groups excluding carboxylic acids is 2. The number of nitrogens with zero attached hydrogens (tertiary/aromatic N) is 3. The van der Waals surface area contributed by atoms with E-state index in [1.807, 2.05) is 16.8 Å². The van der Waals surface area contributed by atoms with Crippen LogP contribution in [0.2, 0.25) is 0 Å². The Kier molecular flexibility index (Phi) is 6.36. The van der Waals surface area contributed by atoms with E-state index in [1.54, 1.807) is 46.1 Å². The third-order valence-corrected chi connectivity index (χ3v) is 6.33. The van der Waals surface area contributed by atoms with E-state index in [0.29, 0.717) is 55.1 Å². The van der Waals surface area contributed by atoms with Gasteiger partial charge in [-0.25, -0.2) is 0 Å². The number of aryl methyl sites for hydroxylation is 1. The molecule has 1 N–H and O–H groups in total. The highest BCUT2D eigenvalue weighted by Gasteiger charge is 2.27. The maximum absolute atomic E-state index is 13.1. The number of methoxy groups -OCH3 is 1. The molecule has 0 aliphatic carbocycles. The van der Waals surface area contributed by atoms with Crippen molar-refractivity contribution in [1.82, 2.24) is 19.8 Å². The smallest absolute Gasteiger partial charge is 0.257 e. The maximum Gasteiger partial charge on any atom is 0.257 e. The van der Waals surface area contributed by atoms with Gasteiger partial charge < -0.3 is 19.5 Å². The number of rotatable bonds is 5. The van der Waals surface area contributed by atoms with Gasteiger partial charge >= 0.3 is 0 Å². The van der Waals surface area contributed by atoms with E-state index in [4.69, 9.17) is 4.74 Å². The summed E-state index contributed by atoms with van der Waals surface area (Å²) >= 11 is 1.56. The summed E-state index contributed by atoms with van der Waals surface area (Å²) in [5.41, 5.74) is 2.87. The summed E-state index contributed by atoms with van der Waals surface area (Å²) in [6, 6.07) is 6.77. The summed E-state index contributed by atoms with van der Waals surface area (Å²) in [6.07, 6.45) is 2.01. The Balaban J connectivity index is 1.62. The molecule has 3 aromatic rings. The molecular formula is C23H24N4O4S. The zero-order valence-electron chi connectivity index (χ0n) is 18.0. The number of nitrogens with one attached hydrogen (secondary N) is 1. The van der Waals surface area contributed by atoms with Crippen LogP contribution < -0.4 is 15.6 Å². The molecule has 0 unspecified atom stereocenters. The number of hydrogen-bond acceptors (Lipinski definition) is 6. The highest BCUT2D eigenvalue weighted by atomic mass is 32.1. The van der Waals surface area contributed by atoms with Crippen LogP contribution in [-0.2, 0) is 19.5 Å². The summed E-state index contributed by atoms with van der Waals surface area (Å²) in [5.74, 6) is -0.196. The molecule has 32 heavy (non-hydrogen) atoms. The van der Waals surface area contributed by atoms with Crippen LogP contribution in [0.1, 0.15) is 37.7 Å². The maximum atomic E-state index is 13.1. The number of ether oxygens (including phenoxy) is 1. The first-order valence-electron chi connectivity index (χ1n) is 10.3. The van der Waals surface area contributed by atoms with Crippen LogP contribution in [0.15, 0.2) is 46.0 Å². The number of hydrogen-bond donors (Lipinski definition) is 1.